The lowest BCUT2D eigenvalue weighted by Gasteiger charge is -2.32. The van der Waals surface area contributed by atoms with E-state index in [4.69, 9.17) is 25.7 Å². The van der Waals surface area contributed by atoms with Gasteiger partial charge in [0.1, 0.15) is 11.9 Å². The van der Waals surface area contributed by atoms with Crippen LogP contribution < -0.4 is 16.6 Å². The predicted octanol–water partition coefficient (Wildman–Crippen LogP) is 1.35. The van der Waals surface area contributed by atoms with Crippen LogP contribution in [0.1, 0.15) is 27.7 Å². The highest BCUT2D eigenvalue weighted by molar-refractivity contribution is 6.62. The summed E-state index contributed by atoms with van der Waals surface area (Å²) in [6.45, 7) is 7.51. The fourth-order valence-corrected chi connectivity index (χ4v) is 2.03. The summed E-state index contributed by atoms with van der Waals surface area (Å²) >= 11 is 0. The Morgan fingerprint density at radius 3 is 2.42 bits per heavy atom. The molecule has 1 saturated heterocycles. The maximum Gasteiger partial charge on any atom is 0.497 e. The predicted molar refractivity (Wildman–Crippen MR) is 90.7 cm³/mol. The van der Waals surface area contributed by atoms with Crippen LogP contribution in [-0.2, 0) is 9.31 Å². The van der Waals surface area contributed by atoms with E-state index in [0.717, 1.165) is 0 Å². The summed E-state index contributed by atoms with van der Waals surface area (Å²) in [4.78, 5) is 0. The molecule has 0 spiro atoms. The Balaban J connectivity index is 2.28. The van der Waals surface area contributed by atoms with E-state index < -0.39 is 30.0 Å². The van der Waals surface area contributed by atoms with Gasteiger partial charge in [0.25, 0.3) is 0 Å². The molecular weight excluding hydrogens is 312 g/mol. The zero-order chi connectivity index (χ0) is 18.1. The molecular formula is C15H19BFN5O2. The maximum atomic E-state index is 14.2. The molecule has 0 bridgehead atoms. The summed E-state index contributed by atoms with van der Waals surface area (Å²) in [6.07, 6.45) is 0. The van der Waals surface area contributed by atoms with Crippen molar-refractivity contribution in [2.24, 2.45) is 10.8 Å². The molecule has 1 fully saturated rings. The zero-order valence-corrected chi connectivity index (χ0v) is 14.0. The fourth-order valence-electron chi connectivity index (χ4n) is 2.03. The highest BCUT2D eigenvalue weighted by Crippen LogP contribution is 2.36. The molecule has 126 valence electrons. The molecule has 0 unspecified atom stereocenters. The Hall–Kier alpha value is -2.44. The van der Waals surface area contributed by atoms with Crippen LogP contribution in [0.2, 0.25) is 0 Å². The zero-order valence-electron chi connectivity index (χ0n) is 14.0. The van der Waals surface area contributed by atoms with Crippen molar-refractivity contribution >= 4 is 29.8 Å². The Morgan fingerprint density at radius 2 is 1.92 bits per heavy atom. The van der Waals surface area contributed by atoms with Crippen molar-refractivity contribution in [1.82, 2.24) is 0 Å². The molecule has 0 saturated carbocycles. The number of amidine groups is 1. The van der Waals surface area contributed by atoms with Crippen LogP contribution in [0.3, 0.4) is 0 Å². The molecule has 1 aliphatic rings. The number of nitrogens with zero attached hydrogens (tertiary/aromatic N) is 2. The van der Waals surface area contributed by atoms with Gasteiger partial charge in [0.05, 0.1) is 16.9 Å². The number of halogens is 1. The van der Waals surface area contributed by atoms with Crippen LogP contribution in [0.15, 0.2) is 23.3 Å². The first-order valence-electron chi connectivity index (χ1n) is 7.30. The average Bonchev–Trinajstić information content (AvgIpc) is 2.69. The van der Waals surface area contributed by atoms with Gasteiger partial charge in [0.15, 0.2) is 5.84 Å². The summed E-state index contributed by atoms with van der Waals surface area (Å²) in [6, 6.07) is 5.87. The molecule has 24 heavy (non-hydrogen) atoms. The fraction of sp³-hybridized carbons (Fsp3) is 0.400. The van der Waals surface area contributed by atoms with E-state index in [1.165, 1.54) is 18.2 Å². The molecule has 1 aliphatic heterocycles. The lowest BCUT2D eigenvalue weighted by atomic mass is 9.78. The Kier molecular flexibility index (Phi) is 4.64. The molecule has 2 rings (SSSR count). The number of hydrogen-bond donors (Lipinski definition) is 3. The maximum absolute atomic E-state index is 14.2. The third kappa shape index (κ3) is 3.40. The van der Waals surface area contributed by atoms with E-state index in [1.807, 2.05) is 27.7 Å². The molecule has 1 aromatic rings. The van der Waals surface area contributed by atoms with E-state index in [-0.39, 0.29) is 11.2 Å². The Morgan fingerprint density at radius 1 is 1.33 bits per heavy atom. The van der Waals surface area contributed by atoms with Gasteiger partial charge in [0.2, 0.25) is 5.71 Å². The minimum Gasteiger partial charge on any atom is -0.399 e. The summed E-state index contributed by atoms with van der Waals surface area (Å²) in [7, 11) is -0.857. The van der Waals surface area contributed by atoms with Gasteiger partial charge >= 0.3 is 7.12 Å². The molecule has 1 heterocycles. The van der Waals surface area contributed by atoms with E-state index in [1.54, 1.807) is 6.07 Å². The number of nitrogens with two attached hydrogens (primary N) is 1. The third-order valence-electron chi connectivity index (χ3n) is 4.16. The molecule has 0 radical (unpaired) electrons. The summed E-state index contributed by atoms with van der Waals surface area (Å²) < 4.78 is 25.9. The van der Waals surface area contributed by atoms with Gasteiger partial charge in [-0.25, -0.2) is 4.39 Å². The van der Waals surface area contributed by atoms with Crippen LogP contribution in [0.25, 0.3) is 0 Å². The largest absolute Gasteiger partial charge is 0.497 e. The number of hydrazone groups is 1. The average molecular weight is 331 g/mol. The van der Waals surface area contributed by atoms with Gasteiger partial charge in [-0.05, 0) is 45.9 Å². The lowest BCUT2D eigenvalue weighted by molar-refractivity contribution is 0.00578. The van der Waals surface area contributed by atoms with Crippen LogP contribution in [0, 0.1) is 22.6 Å². The van der Waals surface area contributed by atoms with Crippen molar-refractivity contribution in [3.63, 3.8) is 0 Å². The van der Waals surface area contributed by atoms with E-state index in [0.29, 0.717) is 5.69 Å². The van der Waals surface area contributed by atoms with Gasteiger partial charge in [-0.2, -0.15) is 10.4 Å². The minimum atomic E-state index is -0.857. The van der Waals surface area contributed by atoms with Crippen molar-refractivity contribution in [3.8, 4) is 6.07 Å². The number of rotatable bonds is 4. The number of anilines is 1. The SMILES string of the molecule is CC1(C)OB(c2cc(N/N=C(\C#N)C(=N)N)ccc2F)OC1(C)C. The number of hydrogen-bond acceptors (Lipinski definition) is 6. The molecule has 9 heteroatoms. The van der Waals surface area contributed by atoms with Crippen molar-refractivity contribution in [2.75, 3.05) is 5.43 Å². The van der Waals surface area contributed by atoms with Crippen LogP contribution in [-0.4, -0.2) is 29.9 Å². The molecule has 1 aromatic carbocycles. The van der Waals surface area contributed by atoms with E-state index in [2.05, 4.69) is 10.5 Å². The second-order valence-electron chi connectivity index (χ2n) is 6.42. The normalized spacial score (nSPS) is 19.0. The smallest absolute Gasteiger partial charge is 0.399 e. The van der Waals surface area contributed by atoms with Crippen molar-refractivity contribution in [3.05, 3.63) is 24.0 Å². The van der Waals surface area contributed by atoms with Crippen LogP contribution >= 0.6 is 0 Å². The van der Waals surface area contributed by atoms with Gasteiger partial charge in [-0.3, -0.25) is 10.8 Å². The summed E-state index contributed by atoms with van der Waals surface area (Å²) in [5, 5.41) is 19.7. The third-order valence-corrected chi connectivity index (χ3v) is 4.16. The first kappa shape index (κ1) is 17.9. The molecule has 7 nitrogen and oxygen atoms in total. The molecule has 0 aliphatic carbocycles. The van der Waals surface area contributed by atoms with Crippen molar-refractivity contribution < 1.29 is 13.7 Å². The summed E-state index contributed by atoms with van der Waals surface area (Å²) in [5.74, 6) is -0.937. The highest BCUT2D eigenvalue weighted by atomic mass is 19.1. The quantitative estimate of drug-likeness (QED) is 0.333. The molecule has 0 amide bonds. The number of nitriles is 1. The second-order valence-corrected chi connectivity index (χ2v) is 6.42. The van der Waals surface area contributed by atoms with Gasteiger partial charge in [-0.15, -0.1) is 0 Å². The first-order valence-corrected chi connectivity index (χ1v) is 7.30. The number of nitrogens with one attached hydrogen (secondary N) is 2. The molecule has 0 aromatic heterocycles. The Labute approximate surface area is 140 Å². The van der Waals surface area contributed by atoms with Crippen molar-refractivity contribution in [2.45, 2.75) is 38.9 Å². The highest BCUT2D eigenvalue weighted by Gasteiger charge is 2.52. The monoisotopic (exact) mass is 331 g/mol. The number of benzene rings is 1. The van der Waals surface area contributed by atoms with Crippen LogP contribution in [0.5, 0.6) is 0 Å². The van der Waals surface area contributed by atoms with Crippen molar-refractivity contribution in [1.29, 1.82) is 10.7 Å². The molecule has 4 N–H and O–H groups in total. The van der Waals surface area contributed by atoms with E-state index >= 15 is 0 Å². The topological polar surface area (TPSA) is 117 Å². The van der Waals surface area contributed by atoms with Gasteiger partial charge in [0, 0.05) is 5.46 Å². The standard InChI is InChI=1S/C15H19BFN5O2/c1-14(2)15(3,4)24-16(23-14)10-7-9(5-6-11(10)17)21-22-12(8-18)13(19)20/h5-7,21H,1-4H3,(H3,19,20)/b22-12+. The summed E-state index contributed by atoms with van der Waals surface area (Å²) in [5.41, 5.74) is 6.98. The lowest BCUT2D eigenvalue weighted by Crippen LogP contribution is -2.41. The second kappa shape index (κ2) is 6.22. The first-order chi connectivity index (χ1) is 11.1. The van der Waals surface area contributed by atoms with Gasteiger partial charge in [-0.1, -0.05) is 0 Å². The van der Waals surface area contributed by atoms with Gasteiger partial charge < -0.3 is 15.0 Å². The molecule has 0 atom stereocenters. The van der Waals surface area contributed by atoms with E-state index in [9.17, 15) is 4.39 Å². The Bertz CT molecular complexity index is 726. The minimum absolute atomic E-state index is 0.218. The van der Waals surface area contributed by atoms with Crippen LogP contribution in [0.4, 0.5) is 10.1 Å².